The van der Waals surface area contributed by atoms with Gasteiger partial charge in [0.2, 0.25) is 5.91 Å². The van der Waals surface area contributed by atoms with Gasteiger partial charge in [-0.15, -0.1) is 0 Å². The van der Waals surface area contributed by atoms with E-state index in [1.54, 1.807) is 0 Å². The lowest BCUT2D eigenvalue weighted by molar-refractivity contribution is -0.122. The number of thiol groups is 1. The van der Waals surface area contributed by atoms with E-state index in [0.29, 0.717) is 17.9 Å². The molecule has 0 spiro atoms. The quantitative estimate of drug-likeness (QED) is 0.692. The topological polar surface area (TPSA) is 29.1 Å². The molecule has 0 aromatic rings. The van der Waals surface area contributed by atoms with E-state index in [-0.39, 0.29) is 11.2 Å². The molecule has 1 rings (SSSR count). The van der Waals surface area contributed by atoms with Crippen LogP contribution in [0.15, 0.2) is 0 Å². The summed E-state index contributed by atoms with van der Waals surface area (Å²) in [7, 11) is 0. The summed E-state index contributed by atoms with van der Waals surface area (Å²) in [5, 5.41) is 2.88. The van der Waals surface area contributed by atoms with Gasteiger partial charge in [-0.1, -0.05) is 20.3 Å². The summed E-state index contributed by atoms with van der Waals surface area (Å²) in [5.74, 6) is 1.08. The molecule has 0 aromatic carbocycles. The van der Waals surface area contributed by atoms with E-state index in [4.69, 9.17) is 0 Å². The molecule has 1 fully saturated rings. The van der Waals surface area contributed by atoms with Crippen LogP contribution in [-0.2, 0) is 4.79 Å². The summed E-state index contributed by atoms with van der Waals surface area (Å²) in [5.41, 5.74) is 0. The average molecular weight is 215 g/mol. The minimum absolute atomic E-state index is 0.0859. The Morgan fingerprint density at radius 2 is 1.93 bits per heavy atom. The zero-order valence-corrected chi connectivity index (χ0v) is 10.2. The first kappa shape index (κ1) is 11.9. The molecule has 0 bridgehead atoms. The van der Waals surface area contributed by atoms with Crippen molar-refractivity contribution in [1.29, 1.82) is 0 Å². The van der Waals surface area contributed by atoms with E-state index in [2.05, 4.69) is 24.9 Å². The fourth-order valence-electron chi connectivity index (χ4n) is 1.67. The van der Waals surface area contributed by atoms with Crippen molar-refractivity contribution in [3.05, 3.63) is 0 Å². The van der Waals surface area contributed by atoms with Crippen LogP contribution in [0.25, 0.3) is 0 Å². The van der Waals surface area contributed by atoms with Gasteiger partial charge in [-0.3, -0.25) is 4.79 Å². The minimum atomic E-state index is -0.169. The first-order valence-corrected chi connectivity index (χ1v) is 6.02. The first-order chi connectivity index (χ1) is 6.52. The van der Waals surface area contributed by atoms with Crippen molar-refractivity contribution in [2.45, 2.75) is 51.3 Å². The molecular weight excluding hydrogens is 194 g/mol. The molecule has 0 aromatic heterocycles. The Hall–Kier alpha value is -0.180. The normalized spacial score (nSPS) is 21.5. The molecule has 1 aliphatic carbocycles. The van der Waals surface area contributed by atoms with Gasteiger partial charge in [0, 0.05) is 6.04 Å². The largest absolute Gasteiger partial charge is 0.352 e. The van der Waals surface area contributed by atoms with Crippen molar-refractivity contribution in [3.63, 3.8) is 0 Å². The summed E-state index contributed by atoms with van der Waals surface area (Å²) in [6.45, 7) is 6.14. The Morgan fingerprint density at radius 1 is 1.36 bits per heavy atom. The van der Waals surface area contributed by atoms with Crippen LogP contribution in [0.4, 0.5) is 0 Å². The highest BCUT2D eigenvalue weighted by atomic mass is 32.1. The predicted octanol–water partition coefficient (Wildman–Crippen LogP) is 2.25. The van der Waals surface area contributed by atoms with Gasteiger partial charge >= 0.3 is 0 Å². The van der Waals surface area contributed by atoms with Crippen molar-refractivity contribution in [3.8, 4) is 0 Å². The van der Waals surface area contributed by atoms with Gasteiger partial charge in [0.05, 0.1) is 5.25 Å². The average Bonchev–Trinajstić information content (AvgIpc) is 1.98. The molecule has 2 unspecified atom stereocenters. The van der Waals surface area contributed by atoms with Crippen LogP contribution in [0, 0.1) is 11.8 Å². The maximum Gasteiger partial charge on any atom is 0.233 e. The van der Waals surface area contributed by atoms with Crippen LogP contribution >= 0.6 is 12.6 Å². The van der Waals surface area contributed by atoms with Gasteiger partial charge in [0.25, 0.3) is 0 Å². The Labute approximate surface area is 92.2 Å². The highest BCUT2D eigenvalue weighted by Crippen LogP contribution is 2.29. The molecule has 1 N–H and O–H groups in total. The molecule has 0 heterocycles. The lowest BCUT2D eigenvalue weighted by atomic mass is 9.80. The van der Waals surface area contributed by atoms with Crippen molar-refractivity contribution < 1.29 is 4.79 Å². The molecule has 82 valence electrons. The van der Waals surface area contributed by atoms with Gasteiger partial charge in [-0.25, -0.2) is 0 Å². The Bertz CT molecular complexity index is 201. The summed E-state index contributed by atoms with van der Waals surface area (Å²) in [6, 6.07) is 0.324. The minimum Gasteiger partial charge on any atom is -0.352 e. The third-order valence-corrected chi connectivity index (χ3v) is 3.96. The monoisotopic (exact) mass is 215 g/mol. The molecule has 14 heavy (non-hydrogen) atoms. The number of hydrogen-bond acceptors (Lipinski definition) is 2. The zero-order valence-electron chi connectivity index (χ0n) is 9.29. The SMILES string of the molecule is CC(C)C(S)C(=O)NC(C)C1CCC1. The molecular formula is C11H21NOS. The molecule has 2 nitrogen and oxygen atoms in total. The summed E-state index contributed by atoms with van der Waals surface area (Å²) in [6.07, 6.45) is 3.85. The fourth-order valence-corrected chi connectivity index (χ4v) is 1.74. The number of nitrogens with one attached hydrogen (secondary N) is 1. The molecule has 0 radical (unpaired) electrons. The second-order valence-electron chi connectivity index (χ2n) is 4.68. The zero-order chi connectivity index (χ0) is 10.7. The fraction of sp³-hybridized carbons (Fsp3) is 0.909. The Kier molecular flexibility index (Phi) is 4.30. The second-order valence-corrected chi connectivity index (χ2v) is 5.23. The third-order valence-electron chi connectivity index (χ3n) is 3.13. The van der Waals surface area contributed by atoms with Crippen molar-refractivity contribution in [2.75, 3.05) is 0 Å². The molecule has 0 saturated heterocycles. The van der Waals surface area contributed by atoms with Crippen molar-refractivity contribution in [2.24, 2.45) is 11.8 Å². The summed E-state index contributed by atoms with van der Waals surface area (Å²) < 4.78 is 0. The van der Waals surface area contributed by atoms with Crippen LogP contribution in [-0.4, -0.2) is 17.2 Å². The molecule has 0 aliphatic heterocycles. The number of amides is 1. The van der Waals surface area contributed by atoms with Crippen LogP contribution in [0.2, 0.25) is 0 Å². The lowest BCUT2D eigenvalue weighted by Gasteiger charge is -2.32. The van der Waals surface area contributed by atoms with E-state index in [9.17, 15) is 4.79 Å². The van der Waals surface area contributed by atoms with Gasteiger partial charge < -0.3 is 5.32 Å². The Morgan fingerprint density at radius 3 is 2.29 bits per heavy atom. The maximum absolute atomic E-state index is 11.7. The van der Waals surface area contributed by atoms with Crippen molar-refractivity contribution >= 4 is 18.5 Å². The van der Waals surface area contributed by atoms with E-state index < -0.39 is 0 Å². The number of carbonyl (C=O) groups excluding carboxylic acids is 1. The van der Waals surface area contributed by atoms with Gasteiger partial charge in [0.15, 0.2) is 0 Å². The van der Waals surface area contributed by atoms with Gasteiger partial charge in [0.1, 0.15) is 0 Å². The van der Waals surface area contributed by atoms with E-state index in [0.717, 1.165) is 0 Å². The highest BCUT2D eigenvalue weighted by Gasteiger charge is 2.27. The third kappa shape index (κ3) is 2.91. The number of hydrogen-bond donors (Lipinski definition) is 2. The lowest BCUT2D eigenvalue weighted by Crippen LogP contribution is -2.45. The van der Waals surface area contributed by atoms with E-state index in [1.807, 2.05) is 13.8 Å². The summed E-state index contributed by atoms with van der Waals surface area (Å²) >= 11 is 4.30. The van der Waals surface area contributed by atoms with E-state index >= 15 is 0 Å². The van der Waals surface area contributed by atoms with Crippen LogP contribution in [0.5, 0.6) is 0 Å². The Balaban J connectivity index is 2.31. The summed E-state index contributed by atoms with van der Waals surface area (Å²) in [4.78, 5) is 11.7. The highest BCUT2D eigenvalue weighted by molar-refractivity contribution is 7.81. The second kappa shape index (κ2) is 5.06. The predicted molar refractivity (Wildman–Crippen MR) is 62.6 cm³/mol. The van der Waals surface area contributed by atoms with E-state index in [1.165, 1.54) is 19.3 Å². The standard InChI is InChI=1S/C11H21NOS/c1-7(2)10(14)11(13)12-8(3)9-5-4-6-9/h7-10,14H,4-6H2,1-3H3,(H,12,13). The molecule has 3 heteroatoms. The van der Waals surface area contributed by atoms with Crippen molar-refractivity contribution in [1.82, 2.24) is 5.32 Å². The number of carbonyl (C=O) groups is 1. The molecule has 1 aliphatic rings. The van der Waals surface area contributed by atoms with Gasteiger partial charge in [-0.05, 0) is 31.6 Å². The van der Waals surface area contributed by atoms with Crippen LogP contribution in [0.1, 0.15) is 40.0 Å². The van der Waals surface area contributed by atoms with Crippen LogP contribution < -0.4 is 5.32 Å². The molecule has 1 amide bonds. The maximum atomic E-state index is 11.7. The number of rotatable bonds is 4. The molecule has 2 atom stereocenters. The van der Waals surface area contributed by atoms with Gasteiger partial charge in [-0.2, -0.15) is 12.6 Å². The first-order valence-electron chi connectivity index (χ1n) is 5.50. The van der Waals surface area contributed by atoms with Crippen LogP contribution in [0.3, 0.4) is 0 Å². The smallest absolute Gasteiger partial charge is 0.233 e. The molecule has 1 saturated carbocycles.